The summed E-state index contributed by atoms with van der Waals surface area (Å²) in [7, 11) is 0. The summed E-state index contributed by atoms with van der Waals surface area (Å²) >= 11 is 0. The summed E-state index contributed by atoms with van der Waals surface area (Å²) in [6.07, 6.45) is 7.63. The van der Waals surface area contributed by atoms with Crippen LogP contribution in [0.15, 0.2) is 0 Å². The molecule has 4 fully saturated rings. The Morgan fingerprint density at radius 3 is 2.05 bits per heavy atom. The molecule has 4 nitrogen and oxygen atoms in total. The molecule has 4 heteroatoms. The Hall–Kier alpha value is -0.770. The lowest BCUT2D eigenvalue weighted by atomic mass is 9.53. The van der Waals surface area contributed by atoms with E-state index in [0.717, 1.165) is 37.0 Å². The Morgan fingerprint density at radius 2 is 1.63 bits per heavy atom. The van der Waals surface area contributed by atoms with Gasteiger partial charge in [-0.1, -0.05) is 0 Å². The van der Waals surface area contributed by atoms with Crippen molar-refractivity contribution in [2.24, 2.45) is 17.8 Å². The molecule has 4 bridgehead atoms. The molecule has 0 aromatic rings. The van der Waals surface area contributed by atoms with Crippen LogP contribution in [0, 0.1) is 17.8 Å². The average molecular weight is 266 g/mol. The highest BCUT2D eigenvalue weighted by Gasteiger charge is 2.51. The Kier molecular flexibility index (Phi) is 3.04. The van der Waals surface area contributed by atoms with E-state index in [9.17, 15) is 9.90 Å². The number of carbonyl (C=O) groups is 1. The molecule has 4 rings (SSSR count). The van der Waals surface area contributed by atoms with Crippen LogP contribution in [0.3, 0.4) is 0 Å². The van der Waals surface area contributed by atoms with Crippen LogP contribution in [0.1, 0.15) is 52.4 Å². The number of carbonyl (C=O) groups excluding carboxylic acids is 1. The quantitative estimate of drug-likeness (QED) is 0.732. The summed E-state index contributed by atoms with van der Waals surface area (Å²) in [5.74, 6) is 2.50. The maximum absolute atomic E-state index is 12.0. The Labute approximate surface area is 115 Å². The molecule has 2 amide bonds. The van der Waals surface area contributed by atoms with Gasteiger partial charge in [-0.2, -0.15) is 0 Å². The van der Waals surface area contributed by atoms with Gasteiger partial charge in [0.05, 0.1) is 5.60 Å². The average Bonchev–Trinajstić information content (AvgIpc) is 2.22. The van der Waals surface area contributed by atoms with Crippen LogP contribution in [-0.2, 0) is 0 Å². The van der Waals surface area contributed by atoms with Gasteiger partial charge in [-0.15, -0.1) is 0 Å². The highest BCUT2D eigenvalue weighted by Crippen LogP contribution is 2.55. The standard InChI is InChI=1S/C15H26N2O2/c1-14(2,19)9-16-13(18)17-15-6-10-3-11(7-15)5-12(4-10)8-15/h10-12,19H,3-9H2,1-2H3,(H2,16,17,18). The molecule has 0 atom stereocenters. The van der Waals surface area contributed by atoms with Gasteiger partial charge in [-0.05, 0) is 70.1 Å². The first-order valence-electron chi connectivity index (χ1n) is 7.62. The minimum atomic E-state index is -0.848. The fourth-order valence-corrected chi connectivity index (χ4v) is 4.85. The maximum Gasteiger partial charge on any atom is 0.315 e. The maximum atomic E-state index is 12.0. The number of amides is 2. The van der Waals surface area contributed by atoms with Gasteiger partial charge in [-0.25, -0.2) is 4.79 Å². The number of rotatable bonds is 3. The number of hydrogen-bond donors (Lipinski definition) is 3. The zero-order valence-corrected chi connectivity index (χ0v) is 12.0. The van der Waals surface area contributed by atoms with E-state index in [0.29, 0.717) is 6.54 Å². The van der Waals surface area contributed by atoms with Gasteiger partial charge in [0.1, 0.15) is 0 Å². The molecule has 0 aromatic heterocycles. The van der Waals surface area contributed by atoms with E-state index in [2.05, 4.69) is 10.6 Å². The van der Waals surface area contributed by atoms with Crippen molar-refractivity contribution in [2.45, 2.75) is 63.5 Å². The largest absolute Gasteiger partial charge is 0.389 e. The summed E-state index contributed by atoms with van der Waals surface area (Å²) in [5, 5.41) is 15.7. The third-order valence-electron chi connectivity index (χ3n) is 5.10. The molecule has 0 spiro atoms. The first-order valence-corrected chi connectivity index (χ1v) is 7.62. The topological polar surface area (TPSA) is 61.4 Å². The van der Waals surface area contributed by atoms with Gasteiger partial charge < -0.3 is 15.7 Å². The summed E-state index contributed by atoms with van der Waals surface area (Å²) < 4.78 is 0. The van der Waals surface area contributed by atoms with Gasteiger partial charge in [-0.3, -0.25) is 0 Å². The van der Waals surface area contributed by atoms with Crippen molar-refractivity contribution >= 4 is 6.03 Å². The molecule has 0 unspecified atom stereocenters. The van der Waals surface area contributed by atoms with E-state index in [4.69, 9.17) is 0 Å². The smallest absolute Gasteiger partial charge is 0.315 e. The van der Waals surface area contributed by atoms with Gasteiger partial charge >= 0.3 is 6.03 Å². The van der Waals surface area contributed by atoms with E-state index in [1.54, 1.807) is 13.8 Å². The summed E-state index contributed by atoms with van der Waals surface area (Å²) in [6, 6.07) is -0.107. The van der Waals surface area contributed by atoms with E-state index < -0.39 is 5.60 Å². The zero-order valence-electron chi connectivity index (χ0n) is 12.0. The normalized spacial score (nSPS) is 40.3. The molecule has 0 heterocycles. The van der Waals surface area contributed by atoms with Crippen LogP contribution < -0.4 is 10.6 Å². The van der Waals surface area contributed by atoms with Crippen LogP contribution >= 0.6 is 0 Å². The lowest BCUT2D eigenvalue weighted by molar-refractivity contribution is -0.0139. The molecule has 19 heavy (non-hydrogen) atoms. The van der Waals surface area contributed by atoms with Gasteiger partial charge in [0.15, 0.2) is 0 Å². The van der Waals surface area contributed by atoms with Gasteiger partial charge in [0.2, 0.25) is 0 Å². The fourth-order valence-electron chi connectivity index (χ4n) is 4.85. The van der Waals surface area contributed by atoms with Gasteiger partial charge in [0.25, 0.3) is 0 Å². The molecule has 0 radical (unpaired) electrons. The summed E-state index contributed by atoms with van der Waals surface area (Å²) in [5.41, 5.74) is -0.794. The van der Waals surface area contributed by atoms with E-state index in [1.807, 2.05) is 0 Å². The van der Waals surface area contributed by atoms with Crippen molar-refractivity contribution in [1.29, 1.82) is 0 Å². The number of nitrogens with one attached hydrogen (secondary N) is 2. The molecule has 0 aromatic carbocycles. The molecular formula is C15H26N2O2. The van der Waals surface area contributed by atoms with Crippen LogP contribution in [0.25, 0.3) is 0 Å². The highest BCUT2D eigenvalue weighted by atomic mass is 16.3. The van der Waals surface area contributed by atoms with Crippen molar-refractivity contribution in [1.82, 2.24) is 10.6 Å². The fraction of sp³-hybridized carbons (Fsp3) is 0.933. The molecule has 4 aliphatic carbocycles. The number of urea groups is 1. The minimum Gasteiger partial charge on any atom is -0.389 e. The third-order valence-corrected chi connectivity index (χ3v) is 5.10. The second-order valence-corrected chi connectivity index (χ2v) is 7.82. The third kappa shape index (κ3) is 2.88. The van der Waals surface area contributed by atoms with Crippen molar-refractivity contribution < 1.29 is 9.90 Å². The van der Waals surface area contributed by atoms with E-state index >= 15 is 0 Å². The minimum absolute atomic E-state index is 0.0540. The molecule has 0 aliphatic heterocycles. The van der Waals surface area contributed by atoms with Crippen molar-refractivity contribution in [3.05, 3.63) is 0 Å². The molecular weight excluding hydrogens is 240 g/mol. The summed E-state index contributed by atoms with van der Waals surface area (Å²) in [6.45, 7) is 3.71. The Balaban J connectivity index is 1.59. The molecule has 3 N–H and O–H groups in total. The first-order chi connectivity index (χ1) is 8.84. The highest BCUT2D eigenvalue weighted by molar-refractivity contribution is 5.75. The molecule has 4 saturated carbocycles. The second kappa shape index (κ2) is 4.37. The SMILES string of the molecule is CC(C)(O)CNC(=O)NC12CC3CC(CC(C3)C1)C2. The zero-order chi connectivity index (χ0) is 13.7. The monoisotopic (exact) mass is 266 g/mol. The van der Waals surface area contributed by atoms with Crippen LogP contribution in [-0.4, -0.2) is 28.8 Å². The predicted octanol–water partition coefficient (Wildman–Crippen LogP) is 2.03. The Morgan fingerprint density at radius 1 is 1.16 bits per heavy atom. The van der Waals surface area contributed by atoms with Crippen LogP contribution in [0.5, 0.6) is 0 Å². The van der Waals surface area contributed by atoms with Crippen LogP contribution in [0.2, 0.25) is 0 Å². The van der Waals surface area contributed by atoms with Crippen LogP contribution in [0.4, 0.5) is 4.79 Å². The van der Waals surface area contributed by atoms with Gasteiger partial charge in [0, 0.05) is 12.1 Å². The summed E-state index contributed by atoms with van der Waals surface area (Å²) in [4.78, 5) is 12.0. The first kappa shape index (κ1) is 13.2. The van der Waals surface area contributed by atoms with E-state index in [-0.39, 0.29) is 11.6 Å². The molecule has 4 aliphatic rings. The van der Waals surface area contributed by atoms with Crippen molar-refractivity contribution in [2.75, 3.05) is 6.54 Å². The lowest BCUT2D eigenvalue weighted by Gasteiger charge is -2.56. The lowest BCUT2D eigenvalue weighted by Crippen LogP contribution is -2.62. The molecule has 0 saturated heterocycles. The van der Waals surface area contributed by atoms with Crippen molar-refractivity contribution in [3.63, 3.8) is 0 Å². The number of hydrogen-bond acceptors (Lipinski definition) is 2. The van der Waals surface area contributed by atoms with E-state index in [1.165, 1.54) is 19.3 Å². The predicted molar refractivity (Wildman–Crippen MR) is 73.7 cm³/mol. The van der Waals surface area contributed by atoms with Crippen molar-refractivity contribution in [3.8, 4) is 0 Å². The molecule has 108 valence electrons. The Bertz CT molecular complexity index is 338. The second-order valence-electron chi connectivity index (χ2n) is 7.82. The number of aliphatic hydroxyl groups is 1.